The van der Waals surface area contributed by atoms with E-state index >= 15 is 0 Å². The normalized spacial score (nSPS) is 16.0. The number of carbonyl (C=O) groups excluding carboxylic acids is 1. The third-order valence-electron chi connectivity index (χ3n) is 3.98. The SMILES string of the molecule is NC(=O)c1ccc(S(=O)(=O)N[C@H](c2ccccc2)C2CC2)cc1. The molecule has 1 amide bonds. The Bertz CT molecular complexity index is 797. The van der Waals surface area contributed by atoms with Crippen LogP contribution in [-0.4, -0.2) is 14.3 Å². The minimum absolute atomic E-state index is 0.129. The minimum atomic E-state index is -3.66. The van der Waals surface area contributed by atoms with Crippen LogP contribution >= 0.6 is 0 Å². The van der Waals surface area contributed by atoms with E-state index in [-0.39, 0.29) is 16.5 Å². The summed E-state index contributed by atoms with van der Waals surface area (Å²) in [5.74, 6) is -0.251. The topological polar surface area (TPSA) is 89.3 Å². The summed E-state index contributed by atoms with van der Waals surface area (Å²) < 4.78 is 28.0. The fraction of sp³-hybridized carbons (Fsp3) is 0.235. The Hall–Kier alpha value is -2.18. The number of rotatable bonds is 6. The van der Waals surface area contributed by atoms with Gasteiger partial charge in [-0.05, 0) is 48.6 Å². The van der Waals surface area contributed by atoms with Crippen molar-refractivity contribution >= 4 is 15.9 Å². The zero-order valence-electron chi connectivity index (χ0n) is 12.5. The van der Waals surface area contributed by atoms with Crippen molar-refractivity contribution in [3.05, 3.63) is 65.7 Å². The van der Waals surface area contributed by atoms with Crippen LogP contribution in [-0.2, 0) is 10.0 Å². The Labute approximate surface area is 135 Å². The molecule has 23 heavy (non-hydrogen) atoms. The van der Waals surface area contributed by atoms with Crippen molar-refractivity contribution in [1.82, 2.24) is 4.72 Å². The predicted octanol–water partition coefficient (Wildman–Crippen LogP) is 2.22. The second-order valence-electron chi connectivity index (χ2n) is 5.74. The van der Waals surface area contributed by atoms with Crippen LogP contribution in [0.4, 0.5) is 0 Å². The van der Waals surface area contributed by atoms with E-state index in [1.54, 1.807) is 0 Å². The van der Waals surface area contributed by atoms with Crippen molar-refractivity contribution < 1.29 is 13.2 Å². The number of nitrogens with one attached hydrogen (secondary N) is 1. The van der Waals surface area contributed by atoms with Crippen molar-refractivity contribution in [2.24, 2.45) is 11.7 Å². The van der Waals surface area contributed by atoms with Crippen LogP contribution in [0.5, 0.6) is 0 Å². The van der Waals surface area contributed by atoms with Gasteiger partial charge in [0.15, 0.2) is 0 Å². The van der Waals surface area contributed by atoms with E-state index in [4.69, 9.17) is 5.73 Å². The molecule has 0 saturated heterocycles. The molecule has 1 aliphatic carbocycles. The molecule has 1 fully saturated rings. The number of carbonyl (C=O) groups is 1. The minimum Gasteiger partial charge on any atom is -0.366 e. The number of hydrogen-bond acceptors (Lipinski definition) is 3. The standard InChI is InChI=1S/C17H18N2O3S/c18-17(20)14-8-10-15(11-9-14)23(21,22)19-16(13-6-7-13)12-4-2-1-3-5-12/h1-5,8-11,13,16,19H,6-7H2,(H2,18,20)/t16-/m1/s1. The third-order valence-corrected chi connectivity index (χ3v) is 5.44. The lowest BCUT2D eigenvalue weighted by molar-refractivity contribution is 0.1000. The van der Waals surface area contributed by atoms with Crippen molar-refractivity contribution in [2.45, 2.75) is 23.8 Å². The molecule has 120 valence electrons. The van der Waals surface area contributed by atoms with Gasteiger partial charge in [-0.15, -0.1) is 0 Å². The molecule has 0 unspecified atom stereocenters. The first-order valence-corrected chi connectivity index (χ1v) is 8.93. The van der Waals surface area contributed by atoms with Gasteiger partial charge in [0.2, 0.25) is 15.9 Å². The monoisotopic (exact) mass is 330 g/mol. The maximum Gasteiger partial charge on any atom is 0.248 e. The lowest BCUT2D eigenvalue weighted by Gasteiger charge is -2.19. The number of primary amides is 1. The van der Waals surface area contributed by atoms with Crippen molar-refractivity contribution in [3.63, 3.8) is 0 Å². The maximum atomic E-state index is 12.6. The highest BCUT2D eigenvalue weighted by Gasteiger charge is 2.35. The van der Waals surface area contributed by atoms with Gasteiger partial charge < -0.3 is 5.73 Å². The van der Waals surface area contributed by atoms with E-state index in [1.807, 2.05) is 30.3 Å². The first-order valence-electron chi connectivity index (χ1n) is 7.44. The number of nitrogens with two attached hydrogens (primary N) is 1. The molecule has 1 atom stereocenters. The molecule has 6 heteroatoms. The van der Waals surface area contributed by atoms with Crippen molar-refractivity contribution in [2.75, 3.05) is 0 Å². The van der Waals surface area contributed by atoms with Gasteiger partial charge in [0.1, 0.15) is 0 Å². The molecule has 1 saturated carbocycles. The summed E-state index contributed by atoms with van der Waals surface area (Å²) in [6, 6.07) is 15.0. The van der Waals surface area contributed by atoms with E-state index in [0.717, 1.165) is 18.4 Å². The zero-order chi connectivity index (χ0) is 16.4. The van der Waals surface area contributed by atoms with Crippen molar-refractivity contribution in [1.29, 1.82) is 0 Å². The van der Waals surface area contributed by atoms with Crippen LogP contribution in [0.25, 0.3) is 0 Å². The quantitative estimate of drug-likeness (QED) is 0.851. The average Bonchev–Trinajstić information content (AvgIpc) is 3.38. The smallest absolute Gasteiger partial charge is 0.248 e. The second-order valence-corrected chi connectivity index (χ2v) is 7.45. The molecule has 3 N–H and O–H groups in total. The molecule has 1 aliphatic rings. The van der Waals surface area contributed by atoms with E-state index in [0.29, 0.717) is 5.92 Å². The van der Waals surface area contributed by atoms with Crippen molar-refractivity contribution in [3.8, 4) is 0 Å². The lowest BCUT2D eigenvalue weighted by atomic mass is 10.0. The van der Waals surface area contributed by atoms with Gasteiger partial charge >= 0.3 is 0 Å². The van der Waals surface area contributed by atoms with Crippen LogP contribution < -0.4 is 10.5 Å². The zero-order valence-corrected chi connectivity index (χ0v) is 13.3. The second kappa shape index (κ2) is 6.14. The molecule has 0 radical (unpaired) electrons. The summed E-state index contributed by atoms with van der Waals surface area (Å²) in [7, 11) is -3.66. The summed E-state index contributed by atoms with van der Waals surface area (Å²) in [5.41, 5.74) is 6.42. The molecule has 0 aromatic heterocycles. The van der Waals surface area contributed by atoms with Crippen LogP contribution in [0.15, 0.2) is 59.5 Å². The third kappa shape index (κ3) is 3.60. The number of hydrogen-bond donors (Lipinski definition) is 2. The van der Waals surface area contributed by atoms with Gasteiger partial charge in [-0.1, -0.05) is 30.3 Å². The average molecular weight is 330 g/mol. The van der Waals surface area contributed by atoms with Gasteiger partial charge in [0, 0.05) is 11.6 Å². The predicted molar refractivity (Wildman–Crippen MR) is 87.2 cm³/mol. The van der Waals surface area contributed by atoms with Gasteiger partial charge in [-0.3, -0.25) is 4.79 Å². The summed E-state index contributed by atoms with van der Waals surface area (Å²) in [4.78, 5) is 11.2. The fourth-order valence-electron chi connectivity index (χ4n) is 2.56. The van der Waals surface area contributed by atoms with E-state index in [9.17, 15) is 13.2 Å². The Morgan fingerprint density at radius 3 is 2.17 bits per heavy atom. The highest BCUT2D eigenvalue weighted by molar-refractivity contribution is 7.89. The van der Waals surface area contributed by atoms with E-state index < -0.39 is 15.9 Å². The van der Waals surface area contributed by atoms with Crippen LogP contribution in [0.1, 0.15) is 34.8 Å². The summed E-state index contributed by atoms with van der Waals surface area (Å²) in [5, 5.41) is 0. The van der Waals surface area contributed by atoms with Gasteiger partial charge in [0.25, 0.3) is 0 Å². The largest absolute Gasteiger partial charge is 0.366 e. The number of sulfonamides is 1. The molecule has 0 aliphatic heterocycles. The molecule has 2 aromatic rings. The van der Waals surface area contributed by atoms with Gasteiger partial charge in [0.05, 0.1) is 4.90 Å². The molecule has 0 heterocycles. The first kappa shape index (κ1) is 15.7. The van der Waals surface area contributed by atoms with Crippen LogP contribution in [0.2, 0.25) is 0 Å². The molecule has 5 nitrogen and oxygen atoms in total. The summed E-state index contributed by atoms with van der Waals surface area (Å²) in [6.45, 7) is 0. The Kier molecular flexibility index (Phi) is 4.19. The summed E-state index contributed by atoms with van der Waals surface area (Å²) in [6.07, 6.45) is 2.03. The highest BCUT2D eigenvalue weighted by Crippen LogP contribution is 2.41. The van der Waals surface area contributed by atoms with Gasteiger partial charge in [-0.2, -0.15) is 0 Å². The lowest BCUT2D eigenvalue weighted by Crippen LogP contribution is -2.30. The van der Waals surface area contributed by atoms with E-state index in [2.05, 4.69) is 4.72 Å². The highest BCUT2D eigenvalue weighted by atomic mass is 32.2. The van der Waals surface area contributed by atoms with E-state index in [1.165, 1.54) is 24.3 Å². The number of benzene rings is 2. The van der Waals surface area contributed by atoms with Crippen LogP contribution in [0.3, 0.4) is 0 Å². The Morgan fingerprint density at radius 1 is 1.04 bits per heavy atom. The first-order chi connectivity index (χ1) is 11.0. The summed E-state index contributed by atoms with van der Waals surface area (Å²) >= 11 is 0. The molecular formula is C17H18N2O3S. The molecule has 3 rings (SSSR count). The molecule has 0 spiro atoms. The molecule has 2 aromatic carbocycles. The van der Waals surface area contributed by atoms with Crippen LogP contribution in [0, 0.1) is 5.92 Å². The Balaban J connectivity index is 1.85. The number of amides is 1. The van der Waals surface area contributed by atoms with Gasteiger partial charge in [-0.25, -0.2) is 13.1 Å². The fourth-order valence-corrected chi connectivity index (χ4v) is 3.85. The molecule has 0 bridgehead atoms. The Morgan fingerprint density at radius 2 is 1.65 bits per heavy atom. The maximum absolute atomic E-state index is 12.6. The molecular weight excluding hydrogens is 312 g/mol.